The molecule has 1 aliphatic rings. The Morgan fingerprint density at radius 2 is 2.22 bits per heavy atom. The fraction of sp³-hybridized carbons (Fsp3) is 0.643. The van der Waals surface area contributed by atoms with Gasteiger partial charge in [0.1, 0.15) is 17.8 Å². The molecule has 126 valence electrons. The molecule has 0 amide bonds. The van der Waals surface area contributed by atoms with Crippen molar-refractivity contribution in [1.82, 2.24) is 19.5 Å². The van der Waals surface area contributed by atoms with Crippen LogP contribution in [-0.4, -0.2) is 54.3 Å². The first-order valence-electron chi connectivity index (χ1n) is 7.31. The zero-order chi connectivity index (χ0) is 16.8. The lowest BCUT2D eigenvalue weighted by atomic mass is 10.1. The molecule has 3 heterocycles. The first-order valence-corrected chi connectivity index (χ1v) is 7.69. The topological polar surface area (TPSA) is 103 Å². The van der Waals surface area contributed by atoms with Gasteiger partial charge in [0.2, 0.25) is 5.28 Å². The Morgan fingerprint density at radius 1 is 1.48 bits per heavy atom. The molecular formula is C14H19ClN4O4. The minimum Gasteiger partial charge on any atom is -0.394 e. The fourth-order valence-electron chi connectivity index (χ4n) is 2.76. The van der Waals surface area contributed by atoms with E-state index in [4.69, 9.17) is 21.1 Å². The van der Waals surface area contributed by atoms with Crippen LogP contribution in [0.5, 0.6) is 0 Å². The molecule has 1 saturated heterocycles. The van der Waals surface area contributed by atoms with Crippen LogP contribution in [0.1, 0.15) is 32.2 Å². The Balaban J connectivity index is 1.91. The van der Waals surface area contributed by atoms with E-state index in [1.807, 2.05) is 0 Å². The minimum absolute atomic E-state index is 0.137. The summed E-state index contributed by atoms with van der Waals surface area (Å²) in [5, 5.41) is 19.5. The Labute approximate surface area is 138 Å². The maximum absolute atomic E-state index is 9.84. The van der Waals surface area contributed by atoms with Crippen LogP contribution < -0.4 is 0 Å². The smallest absolute Gasteiger partial charge is 0.224 e. The molecule has 0 aliphatic carbocycles. The van der Waals surface area contributed by atoms with E-state index in [2.05, 4.69) is 15.0 Å². The van der Waals surface area contributed by atoms with Gasteiger partial charge in [-0.1, -0.05) is 0 Å². The molecular weight excluding hydrogens is 324 g/mol. The van der Waals surface area contributed by atoms with Crippen molar-refractivity contribution >= 4 is 22.8 Å². The van der Waals surface area contributed by atoms with Gasteiger partial charge < -0.3 is 19.7 Å². The molecule has 2 aromatic rings. The fourth-order valence-corrected chi connectivity index (χ4v) is 2.97. The molecule has 0 spiro atoms. The number of aromatic nitrogens is 4. The third kappa shape index (κ3) is 3.31. The molecule has 0 unspecified atom stereocenters. The van der Waals surface area contributed by atoms with Crippen molar-refractivity contribution < 1.29 is 19.7 Å². The van der Waals surface area contributed by atoms with E-state index in [1.54, 1.807) is 17.8 Å². The van der Waals surface area contributed by atoms with Crippen molar-refractivity contribution in [2.75, 3.05) is 6.61 Å². The number of aliphatic hydroxyl groups is 2. The summed E-state index contributed by atoms with van der Waals surface area (Å²) in [6.45, 7) is 4.67. The number of rotatable bonds is 4. The van der Waals surface area contributed by atoms with Gasteiger partial charge in [-0.15, -0.1) is 0 Å². The lowest BCUT2D eigenvalue weighted by molar-refractivity contribution is -0.216. The SMILES string of the molecule is Cc1nc(Cl)nc2c1ncn2[C@H]1C[C@H](OC(C)(C)O)[C@@H](CO)O1. The van der Waals surface area contributed by atoms with Gasteiger partial charge in [-0.3, -0.25) is 4.57 Å². The summed E-state index contributed by atoms with van der Waals surface area (Å²) in [6, 6.07) is 0. The van der Waals surface area contributed by atoms with E-state index in [-0.39, 0.29) is 11.9 Å². The lowest BCUT2D eigenvalue weighted by Crippen LogP contribution is -2.36. The first kappa shape index (κ1) is 16.5. The molecule has 1 aliphatic heterocycles. The number of fused-ring (bicyclic) bond motifs is 1. The highest BCUT2D eigenvalue weighted by Gasteiger charge is 2.39. The van der Waals surface area contributed by atoms with Crippen LogP contribution in [0.25, 0.3) is 11.2 Å². The van der Waals surface area contributed by atoms with E-state index < -0.39 is 24.2 Å². The standard InChI is InChI=1S/C14H19ClN4O4/c1-7-11-12(18-13(15)17-7)19(6-16-11)10-4-8(9(5-20)22-10)23-14(2,3)21/h6,8-10,20-21H,4-5H2,1-3H3/t8-,9+,10+/m0/s1. The monoisotopic (exact) mass is 342 g/mol. The summed E-state index contributed by atoms with van der Waals surface area (Å²) in [6.07, 6.45) is 0.647. The number of ether oxygens (including phenoxy) is 2. The number of aryl methyl sites for hydroxylation is 1. The molecule has 1 fully saturated rings. The van der Waals surface area contributed by atoms with Crippen molar-refractivity contribution in [1.29, 1.82) is 0 Å². The highest BCUT2D eigenvalue weighted by atomic mass is 35.5. The molecule has 0 saturated carbocycles. The quantitative estimate of drug-likeness (QED) is 0.635. The molecule has 8 nitrogen and oxygen atoms in total. The molecule has 3 rings (SSSR count). The van der Waals surface area contributed by atoms with Crippen molar-refractivity contribution in [2.45, 2.75) is 51.4 Å². The molecule has 23 heavy (non-hydrogen) atoms. The Hall–Kier alpha value is -1.32. The van der Waals surface area contributed by atoms with Crippen LogP contribution in [0, 0.1) is 6.92 Å². The molecule has 0 radical (unpaired) electrons. The summed E-state index contributed by atoms with van der Waals surface area (Å²) >= 11 is 5.93. The van der Waals surface area contributed by atoms with Crippen LogP contribution in [-0.2, 0) is 9.47 Å². The second-order valence-corrected chi connectivity index (χ2v) is 6.39. The number of imidazole rings is 1. The van der Waals surface area contributed by atoms with Gasteiger partial charge in [-0.2, -0.15) is 4.98 Å². The number of nitrogens with zero attached hydrogens (tertiary/aromatic N) is 4. The average molecular weight is 343 g/mol. The number of hydrogen-bond acceptors (Lipinski definition) is 7. The molecule has 3 atom stereocenters. The van der Waals surface area contributed by atoms with Crippen LogP contribution in [0.2, 0.25) is 5.28 Å². The molecule has 0 aromatic carbocycles. The molecule has 9 heteroatoms. The summed E-state index contributed by atoms with van der Waals surface area (Å²) in [4.78, 5) is 12.6. The third-order valence-corrected chi connectivity index (χ3v) is 3.85. The first-order chi connectivity index (χ1) is 10.8. The molecule has 0 bridgehead atoms. The predicted octanol–water partition coefficient (Wildman–Crippen LogP) is 1.18. The number of aliphatic hydroxyl groups excluding tert-OH is 1. The second kappa shape index (κ2) is 5.95. The van der Waals surface area contributed by atoms with Gasteiger partial charge in [-0.05, 0) is 32.4 Å². The van der Waals surface area contributed by atoms with Crippen molar-refractivity contribution in [2.24, 2.45) is 0 Å². The second-order valence-electron chi connectivity index (χ2n) is 6.05. The average Bonchev–Trinajstić information content (AvgIpc) is 3.00. The van der Waals surface area contributed by atoms with Crippen LogP contribution >= 0.6 is 11.6 Å². The Kier molecular flexibility index (Phi) is 4.28. The highest BCUT2D eigenvalue weighted by molar-refractivity contribution is 6.28. The maximum atomic E-state index is 9.84. The van der Waals surface area contributed by atoms with Crippen molar-refractivity contribution in [3.8, 4) is 0 Å². The highest BCUT2D eigenvalue weighted by Crippen LogP contribution is 2.34. The number of halogens is 1. The minimum atomic E-state index is -1.31. The van der Waals surface area contributed by atoms with Gasteiger partial charge in [0.05, 0.1) is 24.7 Å². The maximum Gasteiger partial charge on any atom is 0.224 e. The van der Waals surface area contributed by atoms with E-state index in [0.29, 0.717) is 23.3 Å². The van der Waals surface area contributed by atoms with Crippen molar-refractivity contribution in [3.63, 3.8) is 0 Å². The van der Waals surface area contributed by atoms with Gasteiger partial charge in [0.25, 0.3) is 0 Å². The summed E-state index contributed by atoms with van der Waals surface area (Å²) < 4.78 is 13.1. The van der Waals surface area contributed by atoms with E-state index in [1.165, 1.54) is 13.8 Å². The lowest BCUT2D eigenvalue weighted by Gasteiger charge is -2.25. The Morgan fingerprint density at radius 3 is 2.87 bits per heavy atom. The van der Waals surface area contributed by atoms with E-state index in [9.17, 15) is 10.2 Å². The Bertz CT molecular complexity index is 715. The van der Waals surface area contributed by atoms with Gasteiger partial charge in [0.15, 0.2) is 11.4 Å². The van der Waals surface area contributed by atoms with Crippen LogP contribution in [0.3, 0.4) is 0 Å². The van der Waals surface area contributed by atoms with E-state index in [0.717, 1.165) is 0 Å². The summed E-state index contributed by atoms with van der Waals surface area (Å²) in [5.74, 6) is -1.31. The van der Waals surface area contributed by atoms with Crippen LogP contribution in [0.15, 0.2) is 6.33 Å². The molecule has 2 N–H and O–H groups in total. The largest absolute Gasteiger partial charge is 0.394 e. The summed E-state index contributed by atoms with van der Waals surface area (Å²) in [5.41, 5.74) is 1.89. The van der Waals surface area contributed by atoms with Gasteiger partial charge >= 0.3 is 0 Å². The zero-order valence-corrected chi connectivity index (χ0v) is 13.9. The zero-order valence-electron chi connectivity index (χ0n) is 13.1. The predicted molar refractivity (Wildman–Crippen MR) is 81.9 cm³/mol. The van der Waals surface area contributed by atoms with E-state index >= 15 is 0 Å². The summed E-state index contributed by atoms with van der Waals surface area (Å²) in [7, 11) is 0. The number of hydrogen-bond donors (Lipinski definition) is 2. The van der Waals surface area contributed by atoms with Crippen molar-refractivity contribution in [3.05, 3.63) is 17.3 Å². The van der Waals surface area contributed by atoms with Crippen LogP contribution in [0.4, 0.5) is 0 Å². The molecule has 2 aromatic heterocycles. The van der Waals surface area contributed by atoms with Gasteiger partial charge in [0, 0.05) is 6.42 Å². The third-order valence-electron chi connectivity index (χ3n) is 3.68. The normalized spacial score (nSPS) is 25.4. The van der Waals surface area contributed by atoms with Gasteiger partial charge in [-0.25, -0.2) is 9.97 Å².